The molecule has 0 heterocycles. The number of nitrogens with two attached hydrogens (primary N) is 1. The predicted octanol–water partition coefficient (Wildman–Crippen LogP) is -0.173. The van der Waals surface area contributed by atoms with E-state index >= 15 is 0 Å². The zero-order chi connectivity index (χ0) is 8.32. The molecule has 0 bridgehead atoms. The van der Waals surface area contributed by atoms with Gasteiger partial charge in [-0.05, 0) is 5.56 Å². The Morgan fingerprint density at radius 3 is 2.08 bits per heavy atom. The summed E-state index contributed by atoms with van der Waals surface area (Å²) >= 11 is 0. The standard InChI is InChI=1S/C7H9NO2S.Na.H/c8-11(9,10)6-7-4-2-1-3-5-7;;/h1-5H,6H2,(H2,8,9,10);;. The molecule has 0 saturated heterocycles. The number of hydrogen-bond acceptors (Lipinski definition) is 2. The quantitative estimate of drug-likeness (QED) is 0.666. The van der Waals surface area contributed by atoms with Crippen LogP contribution in [-0.4, -0.2) is 38.0 Å². The van der Waals surface area contributed by atoms with Crippen molar-refractivity contribution in [3.05, 3.63) is 35.9 Å². The van der Waals surface area contributed by atoms with Gasteiger partial charge in [0.15, 0.2) is 0 Å². The summed E-state index contributed by atoms with van der Waals surface area (Å²) in [6.07, 6.45) is 0. The van der Waals surface area contributed by atoms with E-state index in [4.69, 9.17) is 5.14 Å². The number of benzene rings is 1. The van der Waals surface area contributed by atoms with Gasteiger partial charge < -0.3 is 0 Å². The molecule has 2 N–H and O–H groups in total. The van der Waals surface area contributed by atoms with Crippen LogP contribution in [-0.2, 0) is 15.8 Å². The molecular formula is C7H10NNaO2S. The molecular weight excluding hydrogens is 185 g/mol. The van der Waals surface area contributed by atoms with Crippen molar-refractivity contribution < 1.29 is 8.42 Å². The van der Waals surface area contributed by atoms with E-state index in [1.807, 2.05) is 6.07 Å². The van der Waals surface area contributed by atoms with Gasteiger partial charge in [0.1, 0.15) is 0 Å². The van der Waals surface area contributed by atoms with Crippen LogP contribution in [0.2, 0.25) is 0 Å². The zero-order valence-electron chi connectivity index (χ0n) is 5.90. The van der Waals surface area contributed by atoms with Crippen molar-refractivity contribution in [3.8, 4) is 0 Å². The molecule has 0 fully saturated rings. The van der Waals surface area contributed by atoms with E-state index in [9.17, 15) is 8.42 Å². The van der Waals surface area contributed by atoms with Crippen LogP contribution in [0.3, 0.4) is 0 Å². The second-order valence-corrected chi connectivity index (χ2v) is 3.91. The number of primary sulfonamides is 1. The maximum absolute atomic E-state index is 10.6. The third kappa shape index (κ3) is 4.90. The van der Waals surface area contributed by atoms with Gasteiger partial charge in [-0.2, -0.15) is 0 Å². The first-order valence-electron chi connectivity index (χ1n) is 3.12. The van der Waals surface area contributed by atoms with Crippen LogP contribution in [0.5, 0.6) is 0 Å². The van der Waals surface area contributed by atoms with E-state index in [1.165, 1.54) is 0 Å². The van der Waals surface area contributed by atoms with Crippen LogP contribution >= 0.6 is 0 Å². The normalized spacial score (nSPS) is 10.4. The molecule has 0 atom stereocenters. The van der Waals surface area contributed by atoms with Gasteiger partial charge in [-0.25, -0.2) is 13.6 Å². The van der Waals surface area contributed by atoms with E-state index in [1.54, 1.807) is 24.3 Å². The van der Waals surface area contributed by atoms with Crippen LogP contribution in [0.4, 0.5) is 0 Å². The van der Waals surface area contributed by atoms with E-state index < -0.39 is 10.0 Å². The molecule has 62 valence electrons. The molecule has 1 aromatic carbocycles. The minimum absolute atomic E-state index is 0. The van der Waals surface area contributed by atoms with Crippen molar-refractivity contribution in [2.45, 2.75) is 5.75 Å². The van der Waals surface area contributed by atoms with E-state index in [2.05, 4.69) is 0 Å². The molecule has 0 amide bonds. The first kappa shape index (κ1) is 12.1. The second-order valence-electron chi connectivity index (χ2n) is 2.29. The van der Waals surface area contributed by atoms with Crippen LogP contribution < -0.4 is 5.14 Å². The average molecular weight is 195 g/mol. The Bertz CT molecular complexity index is 323. The molecule has 0 radical (unpaired) electrons. The first-order valence-corrected chi connectivity index (χ1v) is 4.84. The fraction of sp³-hybridized carbons (Fsp3) is 0.143. The Hall–Kier alpha value is 0.130. The summed E-state index contributed by atoms with van der Waals surface area (Å²) in [7, 11) is -3.38. The Labute approximate surface area is 94.3 Å². The van der Waals surface area contributed by atoms with Crippen LogP contribution in [0.15, 0.2) is 30.3 Å². The molecule has 0 aliphatic rings. The van der Waals surface area contributed by atoms with Gasteiger partial charge in [0, 0.05) is 0 Å². The summed E-state index contributed by atoms with van der Waals surface area (Å²) in [6.45, 7) is 0. The SMILES string of the molecule is NS(=O)(=O)Cc1ccccc1.[NaH]. The molecule has 1 rings (SSSR count). The van der Waals surface area contributed by atoms with Gasteiger partial charge in [-0.1, -0.05) is 30.3 Å². The molecule has 3 nitrogen and oxygen atoms in total. The summed E-state index contributed by atoms with van der Waals surface area (Å²) in [6, 6.07) is 8.84. The predicted molar refractivity (Wildman–Crippen MR) is 50.4 cm³/mol. The van der Waals surface area contributed by atoms with Crippen molar-refractivity contribution >= 4 is 39.6 Å². The monoisotopic (exact) mass is 195 g/mol. The van der Waals surface area contributed by atoms with Crippen molar-refractivity contribution in [3.63, 3.8) is 0 Å². The number of sulfonamides is 1. The molecule has 0 aliphatic carbocycles. The van der Waals surface area contributed by atoms with Crippen LogP contribution in [0, 0.1) is 0 Å². The maximum atomic E-state index is 10.6. The van der Waals surface area contributed by atoms with Gasteiger partial charge in [0.05, 0.1) is 5.75 Å². The van der Waals surface area contributed by atoms with Gasteiger partial charge >= 0.3 is 29.6 Å². The van der Waals surface area contributed by atoms with E-state index in [0.717, 1.165) is 5.56 Å². The molecule has 1 aromatic rings. The second kappa shape index (κ2) is 4.99. The van der Waals surface area contributed by atoms with Gasteiger partial charge in [0.25, 0.3) is 0 Å². The van der Waals surface area contributed by atoms with Crippen molar-refractivity contribution in [2.75, 3.05) is 0 Å². The van der Waals surface area contributed by atoms with Gasteiger partial charge in [0.2, 0.25) is 10.0 Å². The van der Waals surface area contributed by atoms with Crippen molar-refractivity contribution in [1.29, 1.82) is 0 Å². The fourth-order valence-corrected chi connectivity index (χ4v) is 1.46. The summed E-state index contributed by atoms with van der Waals surface area (Å²) < 4.78 is 21.2. The van der Waals surface area contributed by atoms with Crippen LogP contribution in [0.25, 0.3) is 0 Å². The molecule has 12 heavy (non-hydrogen) atoms. The zero-order valence-corrected chi connectivity index (χ0v) is 6.71. The fourth-order valence-electron chi connectivity index (χ4n) is 0.807. The first-order chi connectivity index (χ1) is 5.08. The minimum atomic E-state index is -3.38. The molecule has 0 unspecified atom stereocenters. The van der Waals surface area contributed by atoms with Crippen LogP contribution in [0.1, 0.15) is 5.56 Å². The number of rotatable bonds is 2. The number of hydrogen-bond donors (Lipinski definition) is 1. The molecule has 5 heteroatoms. The molecule has 0 saturated carbocycles. The van der Waals surface area contributed by atoms with Gasteiger partial charge in [-0.3, -0.25) is 0 Å². The molecule has 0 aliphatic heterocycles. The average Bonchev–Trinajstić information content (AvgIpc) is 1.85. The Morgan fingerprint density at radius 1 is 1.17 bits per heavy atom. The Morgan fingerprint density at radius 2 is 1.67 bits per heavy atom. The summed E-state index contributed by atoms with van der Waals surface area (Å²) in [5.41, 5.74) is 0.718. The van der Waals surface area contributed by atoms with E-state index in [-0.39, 0.29) is 35.3 Å². The summed E-state index contributed by atoms with van der Waals surface area (Å²) in [5, 5.41) is 4.84. The summed E-state index contributed by atoms with van der Waals surface area (Å²) in [5.74, 6) is -0.0894. The van der Waals surface area contributed by atoms with E-state index in [0.29, 0.717) is 0 Å². The van der Waals surface area contributed by atoms with Gasteiger partial charge in [-0.15, -0.1) is 0 Å². The Kier molecular flexibility index (Phi) is 5.04. The molecule has 0 aromatic heterocycles. The topological polar surface area (TPSA) is 60.2 Å². The third-order valence-corrected chi connectivity index (χ3v) is 1.95. The van der Waals surface area contributed by atoms with Crippen molar-refractivity contribution in [2.24, 2.45) is 5.14 Å². The summed E-state index contributed by atoms with van der Waals surface area (Å²) in [4.78, 5) is 0. The van der Waals surface area contributed by atoms with Crippen molar-refractivity contribution in [1.82, 2.24) is 0 Å². The third-order valence-electron chi connectivity index (χ3n) is 1.21. The Balaban J connectivity index is 0.00000121. The molecule has 0 spiro atoms.